The molecule has 3 aromatic carbocycles. The van der Waals surface area contributed by atoms with Crippen molar-refractivity contribution in [3.05, 3.63) is 107 Å². The van der Waals surface area contributed by atoms with Gasteiger partial charge in [-0.25, -0.2) is 18.7 Å². The number of carbonyl (C=O) groups is 3. The third kappa shape index (κ3) is 4.78. The van der Waals surface area contributed by atoms with Crippen LogP contribution in [0.25, 0.3) is 6.08 Å². The van der Waals surface area contributed by atoms with Crippen LogP contribution in [-0.4, -0.2) is 52.1 Å². The summed E-state index contributed by atoms with van der Waals surface area (Å²) >= 11 is 0. The smallest absolute Gasteiger partial charge is 0.264 e. The third-order valence-electron chi connectivity index (χ3n) is 8.63. The van der Waals surface area contributed by atoms with Gasteiger partial charge in [0.05, 0.1) is 17.4 Å². The number of anilines is 1. The van der Waals surface area contributed by atoms with Crippen molar-refractivity contribution in [1.29, 1.82) is 0 Å². The highest BCUT2D eigenvalue weighted by molar-refractivity contribution is 6.25. The summed E-state index contributed by atoms with van der Waals surface area (Å²) in [5, 5.41) is 15.6. The Bertz CT molecular complexity index is 1740. The summed E-state index contributed by atoms with van der Waals surface area (Å²) in [6, 6.07) is 16.6. The summed E-state index contributed by atoms with van der Waals surface area (Å²) < 4.78 is 27.4. The van der Waals surface area contributed by atoms with Crippen LogP contribution >= 0.6 is 0 Å². The lowest BCUT2D eigenvalue weighted by atomic mass is 9.77. The number of rotatable bonds is 5. The van der Waals surface area contributed by atoms with Crippen molar-refractivity contribution in [3.8, 4) is 0 Å². The van der Waals surface area contributed by atoms with Gasteiger partial charge in [0.1, 0.15) is 18.2 Å². The van der Waals surface area contributed by atoms with E-state index >= 15 is 0 Å². The number of imide groups is 1. The van der Waals surface area contributed by atoms with Crippen LogP contribution in [0.4, 0.5) is 14.5 Å². The van der Waals surface area contributed by atoms with Crippen LogP contribution in [0.15, 0.2) is 93.8 Å². The minimum Gasteiger partial charge on any atom is -0.271 e. The SMILES string of the molecule is Cc1ccc(N2C(=O)[C@@H]3[C@@H](N=NN3CC(=O)N3N=C4/C(=C\c5ccc(F)cc5)CCC[C@@H]4[C@@H]3c3ccc(F)cc3)C2=O)cc1. The molecule has 2 fully saturated rings. The lowest BCUT2D eigenvalue weighted by molar-refractivity contribution is -0.136. The highest BCUT2D eigenvalue weighted by atomic mass is 19.1. The second kappa shape index (κ2) is 10.9. The number of allylic oxidation sites excluding steroid dienone is 1. The van der Waals surface area contributed by atoms with Crippen LogP contribution in [0.2, 0.25) is 0 Å². The van der Waals surface area contributed by atoms with E-state index in [2.05, 4.69) is 10.3 Å². The molecule has 1 aliphatic carbocycles. The Morgan fingerprint density at radius 1 is 0.909 bits per heavy atom. The number of aryl methyl sites for hydroxylation is 1. The maximum absolute atomic E-state index is 14.0. The van der Waals surface area contributed by atoms with Crippen molar-refractivity contribution < 1.29 is 23.2 Å². The zero-order chi connectivity index (χ0) is 30.5. The van der Waals surface area contributed by atoms with Gasteiger partial charge < -0.3 is 0 Å². The Balaban J connectivity index is 1.18. The molecular weight excluding hydrogens is 566 g/mol. The molecule has 1 saturated carbocycles. The van der Waals surface area contributed by atoms with Crippen molar-refractivity contribution in [2.24, 2.45) is 21.4 Å². The van der Waals surface area contributed by atoms with E-state index in [4.69, 9.17) is 5.10 Å². The summed E-state index contributed by atoms with van der Waals surface area (Å²) in [5.74, 6) is -2.29. The van der Waals surface area contributed by atoms with E-state index in [1.165, 1.54) is 34.3 Å². The Labute approximate surface area is 252 Å². The quantitative estimate of drug-likeness (QED) is 0.370. The monoisotopic (exact) mass is 594 g/mol. The zero-order valence-electron chi connectivity index (χ0n) is 23.8. The molecular formula is C33H28F2N6O3. The van der Waals surface area contributed by atoms with Crippen molar-refractivity contribution in [3.63, 3.8) is 0 Å². The Morgan fingerprint density at radius 2 is 1.59 bits per heavy atom. The Hall–Kier alpha value is -5.06. The second-order valence-corrected chi connectivity index (χ2v) is 11.5. The number of benzene rings is 3. The van der Waals surface area contributed by atoms with Gasteiger partial charge in [-0.15, -0.1) is 0 Å². The number of amides is 3. The van der Waals surface area contributed by atoms with Crippen LogP contribution in [0.5, 0.6) is 0 Å². The molecule has 3 heterocycles. The molecule has 9 nitrogen and oxygen atoms in total. The molecule has 0 spiro atoms. The predicted molar refractivity (Wildman–Crippen MR) is 158 cm³/mol. The number of hydrazone groups is 1. The molecule has 0 bridgehead atoms. The van der Waals surface area contributed by atoms with E-state index in [9.17, 15) is 23.2 Å². The van der Waals surface area contributed by atoms with Crippen molar-refractivity contribution in [2.45, 2.75) is 44.3 Å². The highest BCUT2D eigenvalue weighted by Gasteiger charge is 2.55. The lowest BCUT2D eigenvalue weighted by Gasteiger charge is -2.30. The maximum atomic E-state index is 14.0. The first-order valence-electron chi connectivity index (χ1n) is 14.5. The average molecular weight is 595 g/mol. The van der Waals surface area contributed by atoms with E-state index in [1.54, 1.807) is 36.4 Å². The van der Waals surface area contributed by atoms with E-state index in [1.807, 2.05) is 25.1 Å². The molecule has 11 heteroatoms. The Morgan fingerprint density at radius 3 is 2.30 bits per heavy atom. The summed E-state index contributed by atoms with van der Waals surface area (Å²) in [6.07, 6.45) is 4.31. The molecule has 7 rings (SSSR count). The fraction of sp³-hybridized carbons (Fsp3) is 0.273. The molecule has 1 saturated heterocycles. The highest BCUT2D eigenvalue weighted by Crippen LogP contribution is 2.45. The van der Waals surface area contributed by atoms with Crippen LogP contribution in [0, 0.1) is 24.5 Å². The molecule has 0 N–H and O–H groups in total. The van der Waals surface area contributed by atoms with E-state index in [0.29, 0.717) is 5.69 Å². The van der Waals surface area contributed by atoms with Gasteiger partial charge in [0.15, 0.2) is 12.1 Å². The van der Waals surface area contributed by atoms with Crippen LogP contribution < -0.4 is 4.90 Å². The molecule has 3 amide bonds. The van der Waals surface area contributed by atoms with Crippen molar-refractivity contribution in [1.82, 2.24) is 10.0 Å². The first-order valence-corrected chi connectivity index (χ1v) is 14.5. The lowest BCUT2D eigenvalue weighted by Crippen LogP contribution is -2.45. The minimum atomic E-state index is -1.04. The third-order valence-corrected chi connectivity index (χ3v) is 8.63. The summed E-state index contributed by atoms with van der Waals surface area (Å²) in [5.41, 5.74) is 4.67. The predicted octanol–water partition coefficient (Wildman–Crippen LogP) is 5.39. The van der Waals surface area contributed by atoms with Crippen LogP contribution in [0.1, 0.15) is 42.0 Å². The van der Waals surface area contributed by atoms with Crippen LogP contribution in [-0.2, 0) is 14.4 Å². The minimum absolute atomic E-state index is 0.149. The van der Waals surface area contributed by atoms with Crippen molar-refractivity contribution in [2.75, 3.05) is 11.4 Å². The molecule has 0 radical (unpaired) electrons. The van der Waals surface area contributed by atoms with Crippen molar-refractivity contribution >= 4 is 35.2 Å². The van der Waals surface area contributed by atoms with Gasteiger partial charge in [-0.2, -0.15) is 10.2 Å². The van der Waals surface area contributed by atoms with Gasteiger partial charge in [0.25, 0.3) is 17.7 Å². The molecule has 3 aromatic rings. The number of hydrogen-bond acceptors (Lipinski definition) is 7. The van der Waals surface area contributed by atoms with Crippen LogP contribution in [0.3, 0.4) is 0 Å². The molecule has 4 aliphatic rings. The molecule has 44 heavy (non-hydrogen) atoms. The number of hydrogen-bond donors (Lipinski definition) is 0. The molecule has 222 valence electrons. The number of fused-ring (bicyclic) bond motifs is 2. The standard InChI is InChI=1S/C33H28F2N6O3/c1-19-5-15-25(16-6-19)40-32(43)29-31(33(40)44)39(38-36-29)18-27(42)41-30(21-9-13-24(35)14-10-21)26-4-2-3-22(28(26)37-41)17-20-7-11-23(34)12-8-20/h5-17,26,29-31H,2-4,18H2,1H3/b22-17-/t26-,29+,30-,31-/m0/s1. The number of carbonyl (C=O) groups excluding carboxylic acids is 3. The fourth-order valence-electron chi connectivity index (χ4n) is 6.47. The number of nitrogens with zero attached hydrogens (tertiary/aromatic N) is 6. The summed E-state index contributed by atoms with van der Waals surface area (Å²) in [4.78, 5) is 41.7. The molecule has 3 aliphatic heterocycles. The van der Waals surface area contributed by atoms with Gasteiger partial charge in [-0.05, 0) is 85.4 Å². The first kappa shape index (κ1) is 27.8. The van der Waals surface area contributed by atoms with Gasteiger partial charge in [0.2, 0.25) is 0 Å². The normalized spacial score (nSPS) is 25.1. The van der Waals surface area contributed by atoms with Gasteiger partial charge in [-0.3, -0.25) is 19.4 Å². The second-order valence-electron chi connectivity index (χ2n) is 11.5. The molecule has 0 aromatic heterocycles. The molecule has 0 unspecified atom stereocenters. The van der Waals surface area contributed by atoms with E-state index < -0.39 is 41.7 Å². The first-order chi connectivity index (χ1) is 21.3. The maximum Gasteiger partial charge on any atom is 0.264 e. The summed E-state index contributed by atoms with van der Waals surface area (Å²) in [6.45, 7) is 1.58. The van der Waals surface area contributed by atoms with Gasteiger partial charge in [0, 0.05) is 5.92 Å². The topological polar surface area (TPSA) is 98.0 Å². The van der Waals surface area contributed by atoms with E-state index in [0.717, 1.165) is 52.1 Å². The van der Waals surface area contributed by atoms with E-state index in [-0.39, 0.29) is 18.3 Å². The average Bonchev–Trinajstić information content (AvgIpc) is 3.69. The summed E-state index contributed by atoms with van der Waals surface area (Å²) in [7, 11) is 0. The fourth-order valence-corrected chi connectivity index (χ4v) is 6.47. The Kier molecular flexibility index (Phi) is 6.87. The van der Waals surface area contributed by atoms with Gasteiger partial charge >= 0.3 is 0 Å². The number of halogens is 2. The molecule has 4 atom stereocenters. The zero-order valence-corrected chi connectivity index (χ0v) is 23.8. The van der Waals surface area contributed by atoms with Gasteiger partial charge in [-0.1, -0.05) is 47.2 Å². The largest absolute Gasteiger partial charge is 0.271 e.